The summed E-state index contributed by atoms with van der Waals surface area (Å²) in [5, 5.41) is 13.4. The van der Waals surface area contributed by atoms with Crippen LogP contribution in [0.3, 0.4) is 0 Å². The van der Waals surface area contributed by atoms with Gasteiger partial charge in [-0.05, 0) is 61.3 Å². The number of ether oxygens (including phenoxy) is 1. The predicted octanol–water partition coefficient (Wildman–Crippen LogP) is 4.01. The number of carbonyl (C=O) groups excluding carboxylic acids is 2. The summed E-state index contributed by atoms with van der Waals surface area (Å²) >= 11 is 6.20. The van der Waals surface area contributed by atoms with E-state index in [1.165, 1.54) is 33.3 Å². The molecule has 2 aliphatic rings. The molecular formula is C27H32ClF3N4O4. The Morgan fingerprint density at radius 3 is 2.46 bits per heavy atom. The van der Waals surface area contributed by atoms with Gasteiger partial charge in [-0.1, -0.05) is 23.7 Å². The Morgan fingerprint density at radius 2 is 1.90 bits per heavy atom. The molecule has 1 atom stereocenters. The third-order valence-electron chi connectivity index (χ3n) is 7.98. The zero-order valence-corrected chi connectivity index (χ0v) is 22.8. The Labute approximate surface area is 230 Å². The van der Waals surface area contributed by atoms with E-state index in [0.717, 1.165) is 55.8 Å². The van der Waals surface area contributed by atoms with Crippen molar-refractivity contribution in [2.75, 3.05) is 45.7 Å². The molecule has 0 bridgehead atoms. The number of aliphatic hydroxyl groups is 1. The van der Waals surface area contributed by atoms with Gasteiger partial charge in [0.15, 0.2) is 0 Å². The van der Waals surface area contributed by atoms with E-state index in [1.54, 1.807) is 12.1 Å². The molecule has 2 aromatic rings. The minimum Gasteiger partial charge on any atom is -0.497 e. The highest BCUT2D eigenvalue weighted by Crippen LogP contribution is 2.53. The van der Waals surface area contributed by atoms with Crippen LogP contribution in [-0.2, 0) is 10.4 Å². The number of halogens is 4. The topological polar surface area (TPSA) is 95.0 Å². The van der Waals surface area contributed by atoms with Crippen molar-refractivity contribution in [1.29, 1.82) is 0 Å². The minimum atomic E-state index is -5.21. The first-order chi connectivity index (χ1) is 18.3. The van der Waals surface area contributed by atoms with E-state index in [0.29, 0.717) is 11.4 Å². The van der Waals surface area contributed by atoms with E-state index in [1.807, 2.05) is 0 Å². The summed E-state index contributed by atoms with van der Waals surface area (Å²) in [7, 11) is 4.11. The maximum atomic E-state index is 14.1. The average molecular weight is 569 g/mol. The van der Waals surface area contributed by atoms with Crippen molar-refractivity contribution < 1.29 is 32.6 Å². The molecule has 1 saturated carbocycles. The molecule has 12 heteroatoms. The Kier molecular flexibility index (Phi) is 8.05. The first-order valence-electron chi connectivity index (χ1n) is 12.7. The van der Waals surface area contributed by atoms with Gasteiger partial charge < -0.3 is 25.0 Å². The molecule has 1 saturated heterocycles. The number of hydrogen-bond acceptors (Lipinski definition) is 6. The van der Waals surface area contributed by atoms with Crippen molar-refractivity contribution in [2.24, 2.45) is 11.3 Å². The fourth-order valence-corrected chi connectivity index (χ4v) is 6.06. The first-order valence-corrected chi connectivity index (χ1v) is 13.0. The van der Waals surface area contributed by atoms with E-state index >= 15 is 0 Å². The third-order valence-corrected chi connectivity index (χ3v) is 8.27. The highest BCUT2D eigenvalue weighted by Gasteiger charge is 2.62. The number of carbonyl (C=O) groups is 2. The molecule has 1 unspecified atom stereocenters. The fraction of sp³-hybridized carbons (Fsp3) is 0.519. The molecule has 1 aromatic heterocycles. The zero-order chi connectivity index (χ0) is 28.6. The lowest BCUT2D eigenvalue weighted by atomic mass is 9.57. The molecule has 2 heterocycles. The number of nitrogens with zero attached hydrogens (tertiary/aromatic N) is 3. The lowest BCUT2D eigenvalue weighted by molar-refractivity contribution is -0.261. The summed E-state index contributed by atoms with van der Waals surface area (Å²) in [4.78, 5) is 32.4. The van der Waals surface area contributed by atoms with Crippen molar-refractivity contribution in [3.63, 3.8) is 0 Å². The predicted molar refractivity (Wildman–Crippen MR) is 140 cm³/mol. The number of likely N-dealkylation sites (N-methyl/N-ethyl adjacent to an activating group) is 1. The van der Waals surface area contributed by atoms with Gasteiger partial charge >= 0.3 is 6.18 Å². The molecule has 4 rings (SSSR count). The molecule has 1 aromatic carbocycles. The molecule has 1 aliphatic heterocycles. The fourth-order valence-electron chi connectivity index (χ4n) is 5.82. The van der Waals surface area contributed by atoms with E-state index in [9.17, 15) is 27.9 Å². The van der Waals surface area contributed by atoms with Gasteiger partial charge in [-0.3, -0.25) is 9.59 Å². The number of anilines is 1. The van der Waals surface area contributed by atoms with Crippen molar-refractivity contribution in [2.45, 2.75) is 37.5 Å². The molecule has 8 nitrogen and oxygen atoms in total. The highest BCUT2D eigenvalue weighted by atomic mass is 35.5. The summed E-state index contributed by atoms with van der Waals surface area (Å²) < 4.78 is 47.2. The van der Waals surface area contributed by atoms with Crippen LogP contribution in [0, 0.1) is 11.3 Å². The number of hydrogen-bond donors (Lipinski definition) is 2. The van der Waals surface area contributed by atoms with Crippen molar-refractivity contribution in [1.82, 2.24) is 15.2 Å². The van der Waals surface area contributed by atoms with Crippen LogP contribution in [0.5, 0.6) is 5.75 Å². The molecule has 212 valence electrons. The normalized spacial score (nSPS) is 18.7. The van der Waals surface area contributed by atoms with Gasteiger partial charge in [-0.25, -0.2) is 4.98 Å². The van der Waals surface area contributed by atoms with Gasteiger partial charge in [0.2, 0.25) is 0 Å². The molecule has 2 N–H and O–H groups in total. The molecule has 0 radical (unpaired) electrons. The molecule has 39 heavy (non-hydrogen) atoms. The van der Waals surface area contributed by atoms with Crippen LogP contribution < -0.4 is 15.0 Å². The van der Waals surface area contributed by atoms with Crippen molar-refractivity contribution in [3.8, 4) is 5.75 Å². The number of rotatable bonds is 7. The smallest absolute Gasteiger partial charge is 0.430 e. The summed E-state index contributed by atoms with van der Waals surface area (Å²) in [6.45, 7) is 1.58. The van der Waals surface area contributed by atoms with Gasteiger partial charge in [0, 0.05) is 39.3 Å². The lowest BCUT2D eigenvalue weighted by Crippen LogP contribution is -2.57. The Bertz CT molecular complexity index is 1230. The summed E-state index contributed by atoms with van der Waals surface area (Å²) in [5.74, 6) is -0.891. The maximum absolute atomic E-state index is 14.1. The highest BCUT2D eigenvalue weighted by molar-refractivity contribution is 6.32. The van der Waals surface area contributed by atoms with E-state index in [-0.39, 0.29) is 34.7 Å². The maximum Gasteiger partial charge on any atom is 0.430 e. The number of nitrogens with one attached hydrogen (secondary N) is 1. The van der Waals surface area contributed by atoms with Crippen LogP contribution in [0.15, 0.2) is 36.4 Å². The third kappa shape index (κ3) is 5.51. The Hall–Kier alpha value is -3.05. The van der Waals surface area contributed by atoms with Gasteiger partial charge in [0.1, 0.15) is 16.7 Å². The SMILES string of the molecule is CNC(=O)c1ccc(N2CCC3(CC2)CC(CN(C)C(=O)C(O)(c2cccc(OC)c2)C(F)(F)F)C3)nc1Cl. The standard InChI is InChI=1S/C27H32ClF3N4O4/c1-32-23(36)20-7-8-21(33-22(20)28)35-11-9-25(10-12-35)14-17(15-25)16-34(2)24(37)26(38,27(29,30)31)18-5-4-6-19(13-18)39-3/h4-8,13,17,38H,9-12,14-16H2,1-3H3,(H,32,36). The monoisotopic (exact) mass is 568 g/mol. The van der Waals surface area contributed by atoms with Gasteiger partial charge in [0.05, 0.1) is 12.7 Å². The minimum absolute atomic E-state index is 0.0349. The summed E-state index contributed by atoms with van der Waals surface area (Å²) in [6, 6.07) is 8.26. The quantitative estimate of drug-likeness (QED) is 0.490. The van der Waals surface area contributed by atoms with Crippen LogP contribution in [0.2, 0.25) is 5.15 Å². The number of piperidine rings is 1. The Morgan fingerprint density at radius 1 is 1.23 bits per heavy atom. The van der Waals surface area contributed by atoms with Crippen LogP contribution in [0.25, 0.3) is 0 Å². The number of methoxy groups -OCH3 is 1. The molecule has 2 fully saturated rings. The van der Waals surface area contributed by atoms with E-state index in [2.05, 4.69) is 15.2 Å². The van der Waals surface area contributed by atoms with Crippen molar-refractivity contribution in [3.05, 3.63) is 52.7 Å². The van der Waals surface area contributed by atoms with Gasteiger partial charge in [-0.15, -0.1) is 0 Å². The number of aromatic nitrogens is 1. The van der Waals surface area contributed by atoms with Gasteiger partial charge in [-0.2, -0.15) is 13.2 Å². The number of pyridine rings is 1. The van der Waals surface area contributed by atoms with Crippen LogP contribution in [0.1, 0.15) is 41.6 Å². The summed E-state index contributed by atoms with van der Waals surface area (Å²) in [6.07, 6.45) is -1.91. The first kappa shape index (κ1) is 28.9. The van der Waals surface area contributed by atoms with Crippen molar-refractivity contribution >= 4 is 29.2 Å². The number of benzene rings is 1. The van der Waals surface area contributed by atoms with E-state index in [4.69, 9.17) is 16.3 Å². The lowest BCUT2D eigenvalue weighted by Gasteiger charge is -2.53. The second kappa shape index (κ2) is 10.8. The van der Waals surface area contributed by atoms with Crippen LogP contribution in [-0.4, -0.2) is 73.8 Å². The van der Waals surface area contributed by atoms with E-state index < -0.39 is 23.2 Å². The largest absolute Gasteiger partial charge is 0.497 e. The second-order valence-corrected chi connectivity index (χ2v) is 10.8. The molecule has 1 aliphatic carbocycles. The van der Waals surface area contributed by atoms with Crippen LogP contribution >= 0.6 is 11.6 Å². The molecule has 2 amide bonds. The zero-order valence-electron chi connectivity index (χ0n) is 22.0. The molecular weight excluding hydrogens is 537 g/mol. The number of amides is 2. The van der Waals surface area contributed by atoms with Crippen LogP contribution in [0.4, 0.5) is 19.0 Å². The number of alkyl halides is 3. The van der Waals surface area contributed by atoms with Gasteiger partial charge in [0.25, 0.3) is 17.4 Å². The molecule has 1 spiro atoms. The summed E-state index contributed by atoms with van der Waals surface area (Å²) in [5.41, 5.74) is -3.89. The average Bonchev–Trinajstić information content (AvgIpc) is 2.90. The second-order valence-electron chi connectivity index (χ2n) is 10.5. The Balaban J connectivity index is 1.36.